The van der Waals surface area contributed by atoms with Gasteiger partial charge in [-0.05, 0) is 30.0 Å². The van der Waals surface area contributed by atoms with Crippen molar-refractivity contribution in [3.63, 3.8) is 0 Å². The van der Waals surface area contributed by atoms with Gasteiger partial charge in [-0.3, -0.25) is 4.79 Å². The predicted octanol–water partition coefficient (Wildman–Crippen LogP) is 2.96. The Balaban J connectivity index is 1.83. The van der Waals surface area contributed by atoms with E-state index in [9.17, 15) is 4.79 Å². The fourth-order valence-electron chi connectivity index (χ4n) is 2.78. The minimum Gasteiger partial charge on any atom is -0.337 e. The lowest BCUT2D eigenvalue weighted by Crippen LogP contribution is -2.19. The highest BCUT2D eigenvalue weighted by atomic mass is 16.1. The van der Waals surface area contributed by atoms with Crippen molar-refractivity contribution in [3.05, 3.63) is 48.0 Å². The van der Waals surface area contributed by atoms with Crippen molar-refractivity contribution in [3.8, 4) is 0 Å². The second-order valence-electron chi connectivity index (χ2n) is 5.33. The van der Waals surface area contributed by atoms with Gasteiger partial charge in [0.2, 0.25) is 5.91 Å². The van der Waals surface area contributed by atoms with Crippen molar-refractivity contribution in [2.75, 3.05) is 5.32 Å². The van der Waals surface area contributed by atoms with Crippen LogP contribution in [0, 0.1) is 0 Å². The third-order valence-corrected chi connectivity index (χ3v) is 3.98. The van der Waals surface area contributed by atoms with Crippen LogP contribution in [0.15, 0.2) is 36.9 Å². The van der Waals surface area contributed by atoms with Crippen molar-refractivity contribution in [2.45, 2.75) is 38.6 Å². The molecule has 4 nitrogen and oxygen atoms in total. The average molecular weight is 269 g/mol. The number of aromatic nitrogens is 2. The van der Waals surface area contributed by atoms with E-state index in [0.717, 1.165) is 25.1 Å². The van der Waals surface area contributed by atoms with Gasteiger partial charge in [-0.25, -0.2) is 4.98 Å². The summed E-state index contributed by atoms with van der Waals surface area (Å²) in [5, 5.41) is 2.94. The number of anilines is 1. The molecule has 1 aliphatic rings. The Morgan fingerprint density at radius 1 is 1.40 bits per heavy atom. The first-order valence-electron chi connectivity index (χ1n) is 7.14. The Bertz CT molecular complexity index is 604. The van der Waals surface area contributed by atoms with Crippen LogP contribution in [0.1, 0.15) is 36.8 Å². The number of nitrogens with one attached hydrogen (secondary N) is 1. The van der Waals surface area contributed by atoms with Crippen molar-refractivity contribution in [2.24, 2.45) is 0 Å². The topological polar surface area (TPSA) is 46.9 Å². The molecule has 1 aromatic carbocycles. The molecule has 1 aromatic heterocycles. The van der Waals surface area contributed by atoms with E-state index in [0.29, 0.717) is 12.3 Å². The van der Waals surface area contributed by atoms with Gasteiger partial charge in [-0.1, -0.05) is 19.1 Å². The molecular formula is C16H19N3O. The number of amides is 1. The van der Waals surface area contributed by atoms with Crippen LogP contribution < -0.4 is 5.32 Å². The largest absolute Gasteiger partial charge is 0.337 e. The number of rotatable bonds is 4. The Hall–Kier alpha value is -2.10. The van der Waals surface area contributed by atoms with Crippen molar-refractivity contribution in [1.82, 2.24) is 9.55 Å². The monoisotopic (exact) mass is 269 g/mol. The summed E-state index contributed by atoms with van der Waals surface area (Å²) in [5.41, 5.74) is 3.57. The summed E-state index contributed by atoms with van der Waals surface area (Å²) >= 11 is 0. The van der Waals surface area contributed by atoms with Crippen molar-refractivity contribution < 1.29 is 4.79 Å². The number of imidazole rings is 1. The number of aryl methyl sites for hydroxylation is 1. The number of benzene rings is 1. The van der Waals surface area contributed by atoms with Gasteiger partial charge in [-0.2, -0.15) is 0 Å². The summed E-state index contributed by atoms with van der Waals surface area (Å²) in [7, 11) is 0. The molecule has 0 bridgehead atoms. The maximum Gasteiger partial charge on any atom is 0.224 e. The molecule has 4 heteroatoms. The zero-order valence-electron chi connectivity index (χ0n) is 11.7. The van der Waals surface area contributed by atoms with Crippen molar-refractivity contribution >= 4 is 11.6 Å². The first kappa shape index (κ1) is 12.9. The maximum atomic E-state index is 11.4. The summed E-state index contributed by atoms with van der Waals surface area (Å²) in [5.74, 6) is 0.600. The van der Waals surface area contributed by atoms with Gasteiger partial charge in [0.15, 0.2) is 0 Å². The average Bonchev–Trinajstić information content (AvgIpc) is 2.97. The lowest BCUT2D eigenvalue weighted by Gasteiger charge is -2.21. The van der Waals surface area contributed by atoms with Crippen molar-refractivity contribution in [1.29, 1.82) is 0 Å². The van der Waals surface area contributed by atoms with Crippen LogP contribution in [0.2, 0.25) is 0 Å². The number of carbonyl (C=O) groups is 1. The second kappa shape index (κ2) is 5.49. The fraction of sp³-hybridized carbons (Fsp3) is 0.375. The van der Waals surface area contributed by atoms with Gasteiger partial charge < -0.3 is 9.88 Å². The van der Waals surface area contributed by atoms with E-state index in [1.165, 1.54) is 11.1 Å². The summed E-state index contributed by atoms with van der Waals surface area (Å²) < 4.78 is 2.12. The SMILES string of the molecule is CCC(Cn1ccnc1)c1ccc2c(c1)CCC(=O)N2. The molecular weight excluding hydrogens is 250 g/mol. The highest BCUT2D eigenvalue weighted by Crippen LogP contribution is 2.29. The Labute approximate surface area is 118 Å². The third-order valence-electron chi connectivity index (χ3n) is 3.98. The highest BCUT2D eigenvalue weighted by molar-refractivity contribution is 5.93. The Morgan fingerprint density at radius 3 is 3.05 bits per heavy atom. The predicted molar refractivity (Wildman–Crippen MR) is 78.7 cm³/mol. The van der Waals surface area contributed by atoms with E-state index in [1.807, 2.05) is 24.8 Å². The summed E-state index contributed by atoms with van der Waals surface area (Å²) in [6.45, 7) is 3.16. The van der Waals surface area contributed by atoms with E-state index in [4.69, 9.17) is 0 Å². The zero-order chi connectivity index (χ0) is 13.9. The van der Waals surface area contributed by atoms with Gasteiger partial charge in [-0.15, -0.1) is 0 Å². The van der Waals surface area contributed by atoms with Crippen LogP contribution in [0.25, 0.3) is 0 Å². The molecule has 1 unspecified atom stereocenters. The van der Waals surface area contributed by atoms with Gasteiger partial charge in [0.25, 0.3) is 0 Å². The summed E-state index contributed by atoms with van der Waals surface area (Å²) in [6, 6.07) is 6.42. The minimum absolute atomic E-state index is 0.121. The first-order valence-corrected chi connectivity index (χ1v) is 7.14. The molecule has 0 aliphatic carbocycles. The normalized spacial score (nSPS) is 15.6. The van der Waals surface area contributed by atoms with Gasteiger partial charge in [0.1, 0.15) is 0 Å². The molecule has 3 rings (SSSR count). The van der Waals surface area contributed by atoms with Crippen LogP contribution in [-0.4, -0.2) is 15.5 Å². The molecule has 0 saturated heterocycles. The Morgan fingerprint density at radius 2 is 2.30 bits per heavy atom. The smallest absolute Gasteiger partial charge is 0.224 e. The van der Waals surface area contributed by atoms with Gasteiger partial charge >= 0.3 is 0 Å². The summed E-state index contributed by atoms with van der Waals surface area (Å²) in [4.78, 5) is 15.5. The van der Waals surface area contributed by atoms with Crippen LogP contribution in [0.5, 0.6) is 0 Å². The molecule has 2 heterocycles. The lowest BCUT2D eigenvalue weighted by molar-refractivity contribution is -0.116. The standard InChI is InChI=1S/C16H19N3O/c1-2-12(10-19-8-7-17-11-19)13-3-5-15-14(9-13)4-6-16(20)18-15/h3,5,7-9,11-12H,2,4,6,10H2,1H3,(H,18,20). The Kier molecular flexibility index (Phi) is 3.54. The van der Waals surface area contributed by atoms with E-state index in [2.05, 4.69) is 33.9 Å². The van der Waals surface area contributed by atoms with Gasteiger partial charge in [0, 0.05) is 37.0 Å². The number of fused-ring (bicyclic) bond motifs is 1. The van der Waals surface area contributed by atoms with E-state index < -0.39 is 0 Å². The summed E-state index contributed by atoms with van der Waals surface area (Å²) in [6.07, 6.45) is 8.20. The number of hydrogen-bond donors (Lipinski definition) is 1. The molecule has 104 valence electrons. The van der Waals surface area contributed by atoms with E-state index in [-0.39, 0.29) is 5.91 Å². The molecule has 0 saturated carbocycles. The maximum absolute atomic E-state index is 11.4. The minimum atomic E-state index is 0.121. The third kappa shape index (κ3) is 2.59. The molecule has 1 aliphatic heterocycles. The zero-order valence-corrected chi connectivity index (χ0v) is 11.7. The van der Waals surface area contributed by atoms with Crippen LogP contribution in [0.3, 0.4) is 0 Å². The number of nitrogens with zero attached hydrogens (tertiary/aromatic N) is 2. The molecule has 0 radical (unpaired) electrons. The van der Waals surface area contributed by atoms with E-state index >= 15 is 0 Å². The molecule has 0 fully saturated rings. The van der Waals surface area contributed by atoms with Crippen LogP contribution in [-0.2, 0) is 17.8 Å². The van der Waals surface area contributed by atoms with Crippen LogP contribution >= 0.6 is 0 Å². The van der Waals surface area contributed by atoms with E-state index in [1.54, 1.807) is 0 Å². The molecule has 0 spiro atoms. The van der Waals surface area contributed by atoms with Crippen LogP contribution in [0.4, 0.5) is 5.69 Å². The molecule has 2 aromatic rings. The molecule has 20 heavy (non-hydrogen) atoms. The highest BCUT2D eigenvalue weighted by Gasteiger charge is 2.17. The lowest BCUT2D eigenvalue weighted by atomic mass is 9.92. The van der Waals surface area contributed by atoms with Gasteiger partial charge in [0.05, 0.1) is 6.33 Å². The number of hydrogen-bond acceptors (Lipinski definition) is 2. The first-order chi connectivity index (χ1) is 9.76. The molecule has 1 N–H and O–H groups in total. The molecule has 1 amide bonds. The molecule has 1 atom stereocenters. The fourth-order valence-corrected chi connectivity index (χ4v) is 2.78. The number of carbonyl (C=O) groups excluding carboxylic acids is 1. The quantitative estimate of drug-likeness (QED) is 0.927. The second-order valence-corrected chi connectivity index (χ2v) is 5.33.